The Hall–Kier alpha value is -2.44. The summed E-state index contributed by atoms with van der Waals surface area (Å²) >= 11 is 1.54. The topological polar surface area (TPSA) is 59.0 Å². The van der Waals surface area contributed by atoms with Gasteiger partial charge in [0.05, 0.1) is 5.69 Å². The van der Waals surface area contributed by atoms with E-state index < -0.39 is 0 Å². The standard InChI is InChI=1S/C16H14N4OS/c21-15(19-16-18-13-9-17-10-14(13)22-16)11-3-5-12(6-4-11)20-7-1-2-8-20/h1-8,17H,9-10H2,(H,18,19,21). The van der Waals surface area contributed by atoms with Crippen LogP contribution in [0.5, 0.6) is 0 Å². The molecule has 1 aliphatic heterocycles. The Morgan fingerprint density at radius 3 is 2.68 bits per heavy atom. The van der Waals surface area contributed by atoms with Gasteiger partial charge in [0.2, 0.25) is 0 Å². The van der Waals surface area contributed by atoms with Gasteiger partial charge < -0.3 is 9.88 Å². The van der Waals surface area contributed by atoms with Crippen LogP contribution in [0, 0.1) is 0 Å². The van der Waals surface area contributed by atoms with Gasteiger partial charge in [0.1, 0.15) is 0 Å². The zero-order valence-electron chi connectivity index (χ0n) is 11.7. The SMILES string of the molecule is O=C(Nc1nc2c(s1)CNC2)c1ccc(-n2cccc2)cc1. The maximum absolute atomic E-state index is 12.3. The van der Waals surface area contributed by atoms with Gasteiger partial charge in [0, 0.05) is 41.6 Å². The molecule has 0 radical (unpaired) electrons. The largest absolute Gasteiger partial charge is 0.324 e. The number of hydrogen-bond donors (Lipinski definition) is 2. The molecule has 0 atom stereocenters. The molecular weight excluding hydrogens is 296 g/mol. The summed E-state index contributed by atoms with van der Waals surface area (Å²) in [6.45, 7) is 1.63. The van der Waals surface area contributed by atoms with Crippen LogP contribution in [-0.4, -0.2) is 15.5 Å². The van der Waals surface area contributed by atoms with Gasteiger partial charge in [-0.25, -0.2) is 4.98 Å². The van der Waals surface area contributed by atoms with Gasteiger partial charge in [-0.05, 0) is 36.4 Å². The van der Waals surface area contributed by atoms with E-state index in [4.69, 9.17) is 0 Å². The van der Waals surface area contributed by atoms with E-state index in [1.165, 1.54) is 16.2 Å². The quantitative estimate of drug-likeness (QED) is 0.782. The lowest BCUT2D eigenvalue weighted by molar-refractivity contribution is 0.102. The second-order valence-corrected chi connectivity index (χ2v) is 6.17. The van der Waals surface area contributed by atoms with Gasteiger partial charge in [-0.1, -0.05) is 0 Å². The number of hydrogen-bond acceptors (Lipinski definition) is 4. The summed E-state index contributed by atoms with van der Waals surface area (Å²) in [5, 5.41) is 6.78. The summed E-state index contributed by atoms with van der Waals surface area (Å²) in [5.41, 5.74) is 2.70. The average Bonchev–Trinajstić information content (AvgIpc) is 3.24. The van der Waals surface area contributed by atoms with Gasteiger partial charge in [-0.3, -0.25) is 10.1 Å². The number of thiazole rings is 1. The molecule has 1 amide bonds. The molecule has 0 saturated heterocycles. The third-order valence-corrected chi connectivity index (χ3v) is 4.62. The molecule has 0 fully saturated rings. The number of carbonyl (C=O) groups excluding carboxylic acids is 1. The number of aromatic nitrogens is 2. The van der Waals surface area contributed by atoms with Crippen molar-refractivity contribution in [3.05, 3.63) is 64.9 Å². The molecule has 5 nitrogen and oxygen atoms in total. The summed E-state index contributed by atoms with van der Waals surface area (Å²) in [6.07, 6.45) is 3.94. The molecule has 0 spiro atoms. The summed E-state index contributed by atoms with van der Waals surface area (Å²) in [4.78, 5) is 17.9. The summed E-state index contributed by atoms with van der Waals surface area (Å²) < 4.78 is 2.00. The molecule has 6 heteroatoms. The van der Waals surface area contributed by atoms with Gasteiger partial charge in [-0.15, -0.1) is 11.3 Å². The Bertz CT molecular complexity index is 784. The number of nitrogens with zero attached hydrogens (tertiary/aromatic N) is 2. The first-order chi connectivity index (χ1) is 10.8. The van der Waals surface area contributed by atoms with E-state index in [1.807, 2.05) is 53.4 Å². The predicted octanol–water partition coefficient (Wildman–Crippen LogP) is 2.79. The monoisotopic (exact) mass is 310 g/mol. The van der Waals surface area contributed by atoms with Crippen molar-refractivity contribution in [3.8, 4) is 5.69 Å². The Morgan fingerprint density at radius 1 is 1.18 bits per heavy atom. The lowest BCUT2D eigenvalue weighted by Crippen LogP contribution is -2.12. The average molecular weight is 310 g/mol. The molecule has 0 saturated carbocycles. The van der Waals surface area contributed by atoms with Gasteiger partial charge in [0.15, 0.2) is 5.13 Å². The second kappa shape index (κ2) is 5.40. The van der Waals surface area contributed by atoms with Gasteiger partial charge in [-0.2, -0.15) is 0 Å². The van der Waals surface area contributed by atoms with Crippen LogP contribution < -0.4 is 10.6 Å². The highest BCUT2D eigenvalue weighted by atomic mass is 32.1. The zero-order chi connectivity index (χ0) is 14.9. The number of rotatable bonds is 3. The number of amides is 1. The van der Waals surface area contributed by atoms with Crippen LogP contribution in [0.2, 0.25) is 0 Å². The molecule has 0 aliphatic carbocycles. The normalized spacial score (nSPS) is 13.1. The summed E-state index contributed by atoms with van der Waals surface area (Å²) in [7, 11) is 0. The molecule has 0 bridgehead atoms. The molecule has 22 heavy (non-hydrogen) atoms. The second-order valence-electron chi connectivity index (χ2n) is 5.08. The molecule has 1 aromatic carbocycles. The third kappa shape index (κ3) is 2.43. The number of carbonyl (C=O) groups is 1. The lowest BCUT2D eigenvalue weighted by atomic mass is 10.2. The molecule has 4 rings (SSSR count). The first-order valence-corrected chi connectivity index (χ1v) is 7.85. The van der Waals surface area contributed by atoms with Crippen LogP contribution in [0.25, 0.3) is 5.69 Å². The van der Waals surface area contributed by atoms with Crippen molar-refractivity contribution in [2.24, 2.45) is 0 Å². The third-order valence-electron chi connectivity index (χ3n) is 3.61. The highest BCUT2D eigenvalue weighted by molar-refractivity contribution is 7.15. The van der Waals surface area contributed by atoms with Crippen molar-refractivity contribution < 1.29 is 4.79 Å². The van der Waals surface area contributed by atoms with E-state index in [9.17, 15) is 4.79 Å². The minimum absolute atomic E-state index is 0.126. The lowest BCUT2D eigenvalue weighted by Gasteiger charge is -2.05. The Labute approximate surface area is 131 Å². The molecule has 2 N–H and O–H groups in total. The smallest absolute Gasteiger partial charge is 0.257 e. The minimum atomic E-state index is -0.126. The summed E-state index contributed by atoms with van der Waals surface area (Å²) in [6, 6.07) is 11.5. The first kappa shape index (κ1) is 13.2. The maximum Gasteiger partial charge on any atom is 0.257 e. The Kier molecular flexibility index (Phi) is 3.25. The maximum atomic E-state index is 12.3. The molecular formula is C16H14N4OS. The minimum Gasteiger partial charge on any atom is -0.324 e. The zero-order valence-corrected chi connectivity index (χ0v) is 12.6. The van der Waals surface area contributed by atoms with E-state index in [1.54, 1.807) is 0 Å². The fraction of sp³-hybridized carbons (Fsp3) is 0.125. The number of fused-ring (bicyclic) bond motifs is 1. The van der Waals surface area contributed by atoms with Crippen molar-refractivity contribution in [1.29, 1.82) is 0 Å². The first-order valence-electron chi connectivity index (χ1n) is 7.04. The van der Waals surface area contributed by atoms with E-state index >= 15 is 0 Å². The Morgan fingerprint density at radius 2 is 1.95 bits per heavy atom. The van der Waals surface area contributed by atoms with Crippen molar-refractivity contribution >= 4 is 22.4 Å². The van der Waals surface area contributed by atoms with Crippen LogP contribution in [0.3, 0.4) is 0 Å². The molecule has 0 unspecified atom stereocenters. The van der Waals surface area contributed by atoms with E-state index in [2.05, 4.69) is 15.6 Å². The van der Waals surface area contributed by atoms with E-state index in [0.29, 0.717) is 10.7 Å². The van der Waals surface area contributed by atoms with Crippen LogP contribution in [0.4, 0.5) is 5.13 Å². The van der Waals surface area contributed by atoms with Crippen molar-refractivity contribution in [1.82, 2.24) is 14.9 Å². The highest BCUT2D eigenvalue weighted by Gasteiger charge is 2.17. The molecule has 3 aromatic rings. The van der Waals surface area contributed by atoms with E-state index in [-0.39, 0.29) is 5.91 Å². The van der Waals surface area contributed by atoms with Gasteiger partial charge >= 0.3 is 0 Å². The molecule has 2 aromatic heterocycles. The van der Waals surface area contributed by atoms with Crippen molar-refractivity contribution in [2.75, 3.05) is 5.32 Å². The van der Waals surface area contributed by atoms with Crippen LogP contribution in [0.15, 0.2) is 48.8 Å². The van der Waals surface area contributed by atoms with Crippen LogP contribution in [-0.2, 0) is 13.1 Å². The van der Waals surface area contributed by atoms with Gasteiger partial charge in [0.25, 0.3) is 5.91 Å². The van der Waals surface area contributed by atoms with Crippen molar-refractivity contribution in [3.63, 3.8) is 0 Å². The fourth-order valence-corrected chi connectivity index (χ4v) is 3.41. The molecule has 110 valence electrons. The van der Waals surface area contributed by atoms with E-state index in [0.717, 1.165) is 24.5 Å². The molecule has 1 aliphatic rings. The molecule has 3 heterocycles. The Balaban J connectivity index is 1.50. The summed E-state index contributed by atoms with van der Waals surface area (Å²) in [5.74, 6) is -0.126. The highest BCUT2D eigenvalue weighted by Crippen LogP contribution is 2.26. The van der Waals surface area contributed by atoms with Crippen LogP contribution in [0.1, 0.15) is 20.9 Å². The fourth-order valence-electron chi connectivity index (χ4n) is 2.47. The van der Waals surface area contributed by atoms with Crippen LogP contribution >= 0.6 is 11.3 Å². The number of anilines is 1. The number of nitrogens with one attached hydrogen (secondary N) is 2. The van der Waals surface area contributed by atoms with Crippen molar-refractivity contribution in [2.45, 2.75) is 13.1 Å². The number of benzene rings is 1. The predicted molar refractivity (Wildman–Crippen MR) is 86.4 cm³/mol.